The standard InChI is InChI=1S/C11H7ClF6N4OS/c12-6-1-5(11(16,17)18)2-22-8(6)20-21-9(22)24-3-7(23)19-4-10(13,14)15/h1-2H,3-4H2,(H,19,23). The zero-order valence-corrected chi connectivity index (χ0v) is 12.9. The van der Waals surface area contributed by atoms with Gasteiger partial charge in [0, 0.05) is 6.20 Å². The molecule has 13 heteroatoms. The first-order chi connectivity index (χ1) is 11.0. The lowest BCUT2D eigenvalue weighted by Gasteiger charge is -2.09. The number of carbonyl (C=O) groups is 1. The Morgan fingerprint density at radius 3 is 2.50 bits per heavy atom. The first-order valence-electron chi connectivity index (χ1n) is 6.05. The van der Waals surface area contributed by atoms with E-state index in [-0.39, 0.29) is 15.8 Å². The number of nitrogens with zero attached hydrogens (tertiary/aromatic N) is 3. The number of pyridine rings is 1. The van der Waals surface area contributed by atoms with Crippen molar-refractivity contribution in [3.8, 4) is 0 Å². The molecule has 2 rings (SSSR count). The van der Waals surface area contributed by atoms with E-state index in [9.17, 15) is 31.1 Å². The molecule has 0 atom stereocenters. The van der Waals surface area contributed by atoms with E-state index in [0.717, 1.165) is 4.40 Å². The van der Waals surface area contributed by atoms with E-state index in [1.165, 1.54) is 0 Å². The summed E-state index contributed by atoms with van der Waals surface area (Å²) in [7, 11) is 0. The van der Waals surface area contributed by atoms with Gasteiger partial charge < -0.3 is 5.32 Å². The van der Waals surface area contributed by atoms with Crippen molar-refractivity contribution in [1.29, 1.82) is 0 Å². The van der Waals surface area contributed by atoms with Crippen molar-refractivity contribution in [1.82, 2.24) is 19.9 Å². The fourth-order valence-corrected chi connectivity index (χ4v) is 2.55. The van der Waals surface area contributed by atoms with Crippen molar-refractivity contribution in [2.75, 3.05) is 12.3 Å². The second-order valence-electron chi connectivity index (χ2n) is 4.43. The Labute approximate surface area is 139 Å². The summed E-state index contributed by atoms with van der Waals surface area (Å²) in [6.07, 6.45) is -8.53. The maximum Gasteiger partial charge on any atom is 0.417 e. The average Bonchev–Trinajstić information content (AvgIpc) is 2.85. The van der Waals surface area contributed by atoms with Crippen LogP contribution in [0.1, 0.15) is 5.56 Å². The van der Waals surface area contributed by atoms with Gasteiger partial charge >= 0.3 is 12.4 Å². The van der Waals surface area contributed by atoms with Crippen LogP contribution in [0.4, 0.5) is 26.3 Å². The van der Waals surface area contributed by atoms with Gasteiger partial charge in [0.15, 0.2) is 10.8 Å². The summed E-state index contributed by atoms with van der Waals surface area (Å²) in [6.45, 7) is -1.50. The minimum absolute atomic E-state index is 0.0668. The Balaban J connectivity index is 2.15. The summed E-state index contributed by atoms with van der Waals surface area (Å²) in [5.74, 6) is -1.43. The predicted octanol–water partition coefficient (Wildman–Crippen LogP) is 3.17. The van der Waals surface area contributed by atoms with Crippen LogP contribution in [0.3, 0.4) is 0 Å². The van der Waals surface area contributed by atoms with Crippen molar-refractivity contribution < 1.29 is 31.1 Å². The number of fused-ring (bicyclic) bond motifs is 1. The van der Waals surface area contributed by atoms with Gasteiger partial charge in [-0.15, -0.1) is 10.2 Å². The molecule has 0 radical (unpaired) electrons. The molecule has 0 saturated heterocycles. The monoisotopic (exact) mass is 392 g/mol. The molecule has 0 aliphatic rings. The van der Waals surface area contributed by atoms with Gasteiger partial charge in [0.2, 0.25) is 5.91 Å². The largest absolute Gasteiger partial charge is 0.417 e. The number of hydrogen-bond donors (Lipinski definition) is 1. The minimum atomic E-state index is -4.66. The molecule has 0 saturated carbocycles. The van der Waals surface area contributed by atoms with E-state index >= 15 is 0 Å². The second-order valence-corrected chi connectivity index (χ2v) is 5.78. The molecule has 2 heterocycles. The van der Waals surface area contributed by atoms with Crippen LogP contribution < -0.4 is 5.32 Å². The summed E-state index contributed by atoms with van der Waals surface area (Å²) in [5, 5.41) is 8.39. The summed E-state index contributed by atoms with van der Waals surface area (Å²) in [6, 6.07) is 0.677. The average molecular weight is 393 g/mol. The third-order valence-corrected chi connectivity index (χ3v) is 3.80. The quantitative estimate of drug-likeness (QED) is 0.641. The zero-order chi connectivity index (χ0) is 18.1. The normalized spacial score (nSPS) is 12.6. The minimum Gasteiger partial charge on any atom is -0.346 e. The maximum atomic E-state index is 12.8. The first kappa shape index (κ1) is 18.6. The fraction of sp³-hybridized carbons (Fsp3) is 0.364. The van der Waals surface area contributed by atoms with Gasteiger partial charge in [-0.2, -0.15) is 26.3 Å². The lowest BCUT2D eigenvalue weighted by Crippen LogP contribution is -2.34. The SMILES string of the molecule is O=C(CSc1nnc2c(Cl)cc(C(F)(F)F)cn12)NCC(F)(F)F. The van der Waals surface area contributed by atoms with Crippen LogP contribution in [0.25, 0.3) is 5.65 Å². The highest BCUT2D eigenvalue weighted by Crippen LogP contribution is 2.33. The molecule has 1 N–H and O–H groups in total. The van der Waals surface area contributed by atoms with E-state index in [4.69, 9.17) is 11.6 Å². The van der Waals surface area contributed by atoms with E-state index < -0.39 is 36.1 Å². The molecule has 0 aliphatic carbocycles. The molecular weight excluding hydrogens is 386 g/mol. The molecule has 0 aliphatic heterocycles. The molecule has 0 unspecified atom stereocenters. The predicted molar refractivity (Wildman–Crippen MR) is 72.8 cm³/mol. The molecule has 2 aromatic heterocycles. The third-order valence-electron chi connectivity index (χ3n) is 2.57. The smallest absolute Gasteiger partial charge is 0.346 e. The van der Waals surface area contributed by atoms with Crippen LogP contribution in [0, 0.1) is 0 Å². The molecule has 0 fully saturated rings. The maximum absolute atomic E-state index is 12.8. The molecule has 1 amide bonds. The van der Waals surface area contributed by atoms with Crippen molar-refractivity contribution in [2.45, 2.75) is 17.5 Å². The number of rotatable bonds is 4. The van der Waals surface area contributed by atoms with Crippen LogP contribution in [-0.2, 0) is 11.0 Å². The van der Waals surface area contributed by atoms with Gasteiger partial charge in [-0.05, 0) is 6.07 Å². The zero-order valence-electron chi connectivity index (χ0n) is 11.4. The van der Waals surface area contributed by atoms with Crippen molar-refractivity contribution in [2.24, 2.45) is 0 Å². The number of thioether (sulfide) groups is 1. The Hall–Kier alpha value is -1.69. The van der Waals surface area contributed by atoms with Crippen molar-refractivity contribution in [3.05, 3.63) is 22.8 Å². The number of alkyl halides is 6. The highest BCUT2D eigenvalue weighted by atomic mass is 35.5. The molecule has 2 aromatic rings. The van der Waals surface area contributed by atoms with Crippen LogP contribution in [0.15, 0.2) is 17.4 Å². The van der Waals surface area contributed by atoms with E-state index in [0.29, 0.717) is 24.0 Å². The van der Waals surface area contributed by atoms with Gasteiger partial charge in [-0.1, -0.05) is 23.4 Å². The van der Waals surface area contributed by atoms with E-state index in [1.807, 2.05) is 0 Å². The van der Waals surface area contributed by atoms with Gasteiger partial charge in [-0.25, -0.2) is 0 Å². The molecule has 24 heavy (non-hydrogen) atoms. The summed E-state index contributed by atoms with van der Waals surface area (Å²) in [5.41, 5.74) is -1.12. The Morgan fingerprint density at radius 1 is 1.25 bits per heavy atom. The number of hydrogen-bond acceptors (Lipinski definition) is 4. The number of aromatic nitrogens is 3. The number of nitrogens with one attached hydrogen (secondary N) is 1. The van der Waals surface area contributed by atoms with E-state index in [2.05, 4.69) is 10.2 Å². The number of carbonyl (C=O) groups excluding carboxylic acids is 1. The van der Waals surface area contributed by atoms with Crippen LogP contribution in [0.5, 0.6) is 0 Å². The van der Waals surface area contributed by atoms with Crippen LogP contribution in [-0.4, -0.2) is 39.0 Å². The second kappa shape index (κ2) is 6.67. The van der Waals surface area contributed by atoms with Gasteiger partial charge in [-0.3, -0.25) is 9.20 Å². The Kier molecular flexibility index (Phi) is 5.18. The topological polar surface area (TPSA) is 59.3 Å². The summed E-state index contributed by atoms with van der Waals surface area (Å²) >= 11 is 6.33. The van der Waals surface area contributed by atoms with E-state index in [1.54, 1.807) is 5.32 Å². The molecule has 132 valence electrons. The lowest BCUT2D eigenvalue weighted by atomic mass is 10.3. The third kappa shape index (κ3) is 4.66. The first-order valence-corrected chi connectivity index (χ1v) is 7.41. The fourth-order valence-electron chi connectivity index (χ4n) is 1.57. The lowest BCUT2D eigenvalue weighted by molar-refractivity contribution is -0.137. The molecule has 0 bridgehead atoms. The Morgan fingerprint density at radius 2 is 1.92 bits per heavy atom. The van der Waals surface area contributed by atoms with Crippen molar-refractivity contribution >= 4 is 34.9 Å². The molecule has 5 nitrogen and oxygen atoms in total. The number of halogens is 7. The van der Waals surface area contributed by atoms with Crippen LogP contribution in [0.2, 0.25) is 5.02 Å². The highest BCUT2D eigenvalue weighted by molar-refractivity contribution is 7.99. The van der Waals surface area contributed by atoms with Gasteiger partial charge in [0.05, 0.1) is 16.3 Å². The van der Waals surface area contributed by atoms with Gasteiger partial charge in [0.25, 0.3) is 0 Å². The number of amides is 1. The highest BCUT2D eigenvalue weighted by Gasteiger charge is 2.32. The van der Waals surface area contributed by atoms with Crippen molar-refractivity contribution in [3.63, 3.8) is 0 Å². The van der Waals surface area contributed by atoms with Crippen LogP contribution >= 0.6 is 23.4 Å². The molecular formula is C11H7ClF6N4OS. The molecule has 0 spiro atoms. The molecule has 0 aromatic carbocycles. The summed E-state index contributed by atoms with van der Waals surface area (Å²) < 4.78 is 75.1. The summed E-state index contributed by atoms with van der Waals surface area (Å²) in [4.78, 5) is 11.3. The Bertz CT molecular complexity index is 759. The van der Waals surface area contributed by atoms with Gasteiger partial charge in [0.1, 0.15) is 6.54 Å².